The van der Waals surface area contributed by atoms with Gasteiger partial charge in [-0.15, -0.1) is 0 Å². The minimum Gasteiger partial charge on any atom is -0.491 e. The molecule has 0 radical (unpaired) electrons. The third-order valence-electron chi connectivity index (χ3n) is 5.62. The first-order chi connectivity index (χ1) is 15.6. The molecule has 0 unspecified atom stereocenters. The van der Waals surface area contributed by atoms with E-state index in [0.717, 1.165) is 28.9 Å². The number of fused-ring (bicyclic) bond motifs is 3. The van der Waals surface area contributed by atoms with Crippen molar-refractivity contribution in [3.8, 4) is 5.75 Å². The van der Waals surface area contributed by atoms with Gasteiger partial charge in [0.05, 0.1) is 19.6 Å². The summed E-state index contributed by atoms with van der Waals surface area (Å²) in [5.41, 5.74) is 5.50. The van der Waals surface area contributed by atoms with Crippen LogP contribution in [-0.2, 0) is 28.9 Å². The molecular weight excluding hydrogens is 422 g/mol. The SMILES string of the molecule is Cc1ccc2c(c1)Cc1cccc(c1)CN(C(=O)Cc1ccccc1Cl)CCOCCO2. The maximum absolute atomic E-state index is 13.1. The summed E-state index contributed by atoms with van der Waals surface area (Å²) in [6, 6.07) is 22.2. The lowest BCUT2D eigenvalue weighted by Gasteiger charge is -2.24. The van der Waals surface area contributed by atoms with Gasteiger partial charge in [-0.3, -0.25) is 4.79 Å². The van der Waals surface area contributed by atoms with Crippen LogP contribution in [0.5, 0.6) is 5.75 Å². The average Bonchev–Trinajstić information content (AvgIpc) is 2.78. The molecular formula is C27H28ClNO3. The summed E-state index contributed by atoms with van der Waals surface area (Å²) in [7, 11) is 0. The maximum Gasteiger partial charge on any atom is 0.227 e. The molecule has 166 valence electrons. The van der Waals surface area contributed by atoms with Gasteiger partial charge in [-0.2, -0.15) is 0 Å². The van der Waals surface area contributed by atoms with Crippen LogP contribution in [0.1, 0.15) is 27.8 Å². The standard InChI is InChI=1S/C27H28ClNO3/c1-20-9-10-26-24(15-20)17-21-5-4-6-22(16-21)19-29(11-12-31-13-14-32-26)27(30)18-23-7-2-3-8-25(23)28/h2-10,15-16H,11-14,17-19H2,1H3. The molecule has 32 heavy (non-hydrogen) atoms. The van der Waals surface area contributed by atoms with Crippen LogP contribution in [-0.4, -0.2) is 37.2 Å². The Balaban J connectivity index is 1.57. The predicted octanol–water partition coefficient (Wildman–Crippen LogP) is 5.22. The van der Waals surface area contributed by atoms with E-state index in [-0.39, 0.29) is 12.3 Å². The Hall–Kier alpha value is -2.82. The van der Waals surface area contributed by atoms with Gasteiger partial charge in [0.15, 0.2) is 0 Å². The van der Waals surface area contributed by atoms with Gasteiger partial charge in [-0.05, 0) is 41.3 Å². The zero-order valence-electron chi connectivity index (χ0n) is 18.4. The first kappa shape index (κ1) is 22.4. The number of halogens is 1. The Labute approximate surface area is 194 Å². The van der Waals surface area contributed by atoms with E-state index >= 15 is 0 Å². The van der Waals surface area contributed by atoms with Gasteiger partial charge in [0.1, 0.15) is 12.4 Å². The summed E-state index contributed by atoms with van der Waals surface area (Å²) in [6.07, 6.45) is 1.05. The highest BCUT2D eigenvalue weighted by atomic mass is 35.5. The second-order valence-electron chi connectivity index (χ2n) is 8.15. The molecule has 0 fully saturated rings. The Morgan fingerprint density at radius 3 is 2.69 bits per heavy atom. The van der Waals surface area contributed by atoms with Gasteiger partial charge in [0.2, 0.25) is 5.91 Å². The fourth-order valence-electron chi connectivity index (χ4n) is 3.96. The van der Waals surface area contributed by atoms with Crippen molar-refractivity contribution in [2.24, 2.45) is 0 Å². The highest BCUT2D eigenvalue weighted by Gasteiger charge is 2.17. The fourth-order valence-corrected chi connectivity index (χ4v) is 4.16. The molecule has 4 rings (SSSR count). The zero-order valence-corrected chi connectivity index (χ0v) is 19.1. The fraction of sp³-hybridized carbons (Fsp3) is 0.296. The first-order valence-electron chi connectivity index (χ1n) is 11.0. The van der Waals surface area contributed by atoms with E-state index in [1.165, 1.54) is 11.1 Å². The number of hydrogen-bond donors (Lipinski definition) is 0. The molecule has 5 heteroatoms. The Morgan fingerprint density at radius 1 is 0.969 bits per heavy atom. The monoisotopic (exact) mass is 449 g/mol. The number of benzene rings is 3. The molecule has 1 amide bonds. The van der Waals surface area contributed by atoms with Crippen LogP contribution < -0.4 is 4.74 Å². The van der Waals surface area contributed by atoms with Crippen molar-refractivity contribution in [2.45, 2.75) is 26.3 Å². The number of nitrogens with zero attached hydrogens (tertiary/aromatic N) is 1. The van der Waals surface area contributed by atoms with Crippen molar-refractivity contribution >= 4 is 17.5 Å². The molecule has 0 saturated heterocycles. The van der Waals surface area contributed by atoms with Crippen molar-refractivity contribution < 1.29 is 14.3 Å². The first-order valence-corrected chi connectivity index (χ1v) is 11.4. The predicted molar refractivity (Wildman–Crippen MR) is 127 cm³/mol. The topological polar surface area (TPSA) is 38.8 Å². The van der Waals surface area contributed by atoms with Gasteiger partial charge in [0, 0.05) is 24.5 Å². The summed E-state index contributed by atoms with van der Waals surface area (Å²) >= 11 is 6.28. The minimum absolute atomic E-state index is 0.0383. The van der Waals surface area contributed by atoms with Gasteiger partial charge >= 0.3 is 0 Å². The smallest absolute Gasteiger partial charge is 0.227 e. The molecule has 1 aliphatic rings. The number of amides is 1. The molecule has 0 atom stereocenters. The van der Waals surface area contributed by atoms with E-state index in [1.54, 1.807) is 0 Å². The number of rotatable bonds is 2. The van der Waals surface area contributed by atoms with E-state index in [0.29, 0.717) is 37.9 Å². The third-order valence-corrected chi connectivity index (χ3v) is 5.99. The molecule has 0 spiro atoms. The lowest BCUT2D eigenvalue weighted by molar-refractivity contribution is -0.131. The average molecular weight is 450 g/mol. The van der Waals surface area contributed by atoms with Crippen LogP contribution in [0.4, 0.5) is 0 Å². The van der Waals surface area contributed by atoms with Crippen molar-refractivity contribution in [2.75, 3.05) is 26.4 Å². The highest BCUT2D eigenvalue weighted by Crippen LogP contribution is 2.24. The number of carbonyl (C=O) groups excluding carboxylic acids is 1. The lowest BCUT2D eigenvalue weighted by atomic mass is 10.00. The van der Waals surface area contributed by atoms with Crippen LogP contribution in [0.25, 0.3) is 0 Å². The largest absolute Gasteiger partial charge is 0.491 e. The van der Waals surface area contributed by atoms with Crippen LogP contribution in [0.15, 0.2) is 66.7 Å². The van der Waals surface area contributed by atoms with Gasteiger partial charge in [-0.25, -0.2) is 0 Å². The van der Waals surface area contributed by atoms with Crippen molar-refractivity contribution in [1.29, 1.82) is 0 Å². The second kappa shape index (κ2) is 10.7. The molecule has 0 N–H and O–H groups in total. The summed E-state index contributed by atoms with van der Waals surface area (Å²) in [4.78, 5) is 15.0. The summed E-state index contributed by atoms with van der Waals surface area (Å²) in [6.45, 7) is 4.56. The van der Waals surface area contributed by atoms with Crippen molar-refractivity contribution in [1.82, 2.24) is 4.90 Å². The number of ether oxygens (including phenoxy) is 2. The van der Waals surface area contributed by atoms with Gasteiger partial charge < -0.3 is 14.4 Å². The maximum atomic E-state index is 13.1. The lowest BCUT2D eigenvalue weighted by Crippen LogP contribution is -2.35. The van der Waals surface area contributed by atoms with Crippen LogP contribution >= 0.6 is 11.6 Å². The number of hydrogen-bond acceptors (Lipinski definition) is 3. The van der Waals surface area contributed by atoms with Crippen molar-refractivity contribution in [3.63, 3.8) is 0 Å². The Morgan fingerprint density at radius 2 is 1.81 bits per heavy atom. The van der Waals surface area contributed by atoms with Gasteiger partial charge in [0.25, 0.3) is 0 Å². The molecule has 4 nitrogen and oxygen atoms in total. The van der Waals surface area contributed by atoms with E-state index < -0.39 is 0 Å². The van der Waals surface area contributed by atoms with Gasteiger partial charge in [-0.1, -0.05) is 71.8 Å². The highest BCUT2D eigenvalue weighted by molar-refractivity contribution is 6.31. The normalized spacial score (nSPS) is 14.8. The minimum atomic E-state index is 0.0383. The number of aryl methyl sites for hydroxylation is 1. The quantitative estimate of drug-likeness (QED) is 0.538. The molecule has 0 aromatic heterocycles. The summed E-state index contributed by atoms with van der Waals surface area (Å²) in [5, 5.41) is 0.618. The molecule has 2 bridgehead atoms. The molecule has 3 aromatic carbocycles. The Bertz CT molecular complexity index is 1080. The van der Waals surface area contributed by atoms with Crippen LogP contribution in [0.2, 0.25) is 5.02 Å². The van der Waals surface area contributed by atoms with E-state index in [4.69, 9.17) is 21.1 Å². The summed E-state index contributed by atoms with van der Waals surface area (Å²) in [5.74, 6) is 0.939. The van der Waals surface area contributed by atoms with Crippen LogP contribution in [0, 0.1) is 6.92 Å². The molecule has 3 aromatic rings. The van der Waals surface area contributed by atoms with E-state index in [2.05, 4.69) is 43.3 Å². The molecule has 0 saturated carbocycles. The molecule has 0 aliphatic carbocycles. The number of carbonyl (C=O) groups is 1. The molecule has 1 heterocycles. The van der Waals surface area contributed by atoms with Crippen LogP contribution in [0.3, 0.4) is 0 Å². The van der Waals surface area contributed by atoms with Crippen molar-refractivity contribution in [3.05, 3.63) is 99.6 Å². The van der Waals surface area contributed by atoms with E-state index in [9.17, 15) is 4.79 Å². The Kier molecular flexibility index (Phi) is 7.46. The van der Waals surface area contributed by atoms with E-state index in [1.807, 2.05) is 35.2 Å². The summed E-state index contributed by atoms with van der Waals surface area (Å²) < 4.78 is 11.8. The zero-order chi connectivity index (χ0) is 22.3. The third kappa shape index (κ3) is 5.90. The molecule has 1 aliphatic heterocycles. The second-order valence-corrected chi connectivity index (χ2v) is 8.56.